The summed E-state index contributed by atoms with van der Waals surface area (Å²) in [7, 11) is 0. The summed E-state index contributed by atoms with van der Waals surface area (Å²) < 4.78 is 0. The van der Waals surface area contributed by atoms with Gasteiger partial charge in [-0.3, -0.25) is 0 Å². The van der Waals surface area contributed by atoms with Crippen molar-refractivity contribution in [3.05, 3.63) is 28.8 Å². The van der Waals surface area contributed by atoms with Gasteiger partial charge in [-0.1, -0.05) is 38.4 Å². The molecule has 0 aliphatic carbocycles. The van der Waals surface area contributed by atoms with Crippen LogP contribution in [0.15, 0.2) is 18.2 Å². The maximum atomic E-state index is 6.49. The fourth-order valence-electron chi connectivity index (χ4n) is 3.29. The van der Waals surface area contributed by atoms with Crippen LogP contribution in [-0.4, -0.2) is 19.1 Å². The van der Waals surface area contributed by atoms with E-state index in [1.54, 1.807) is 0 Å². The van der Waals surface area contributed by atoms with Gasteiger partial charge in [0.1, 0.15) is 0 Å². The normalized spacial score (nSPS) is 18.9. The van der Waals surface area contributed by atoms with E-state index in [1.165, 1.54) is 24.1 Å². The van der Waals surface area contributed by atoms with Crippen molar-refractivity contribution in [1.29, 1.82) is 0 Å². The van der Waals surface area contributed by atoms with Gasteiger partial charge in [0.05, 0.1) is 10.7 Å². The lowest BCUT2D eigenvalue weighted by Crippen LogP contribution is -2.38. The predicted molar refractivity (Wildman–Crippen MR) is 93.2 cm³/mol. The second-order valence-corrected chi connectivity index (χ2v) is 8.00. The molecule has 1 heterocycles. The van der Waals surface area contributed by atoms with Crippen LogP contribution in [0.1, 0.15) is 46.1 Å². The average Bonchev–Trinajstić information content (AvgIpc) is 2.37. The molecule has 1 aliphatic rings. The van der Waals surface area contributed by atoms with Gasteiger partial charge in [0.2, 0.25) is 0 Å². The molecular weight excluding hydrogens is 280 g/mol. The zero-order valence-corrected chi connectivity index (χ0v) is 14.6. The Labute approximate surface area is 134 Å². The van der Waals surface area contributed by atoms with Crippen LogP contribution in [0.4, 0.5) is 5.69 Å². The van der Waals surface area contributed by atoms with Gasteiger partial charge in [-0.15, -0.1) is 0 Å². The maximum Gasteiger partial charge on any atom is 0.0642 e. The van der Waals surface area contributed by atoms with Crippen LogP contribution in [0.25, 0.3) is 0 Å². The smallest absolute Gasteiger partial charge is 0.0642 e. The minimum Gasteiger partial charge on any atom is -0.370 e. The molecule has 21 heavy (non-hydrogen) atoms. The van der Waals surface area contributed by atoms with Crippen molar-refractivity contribution in [3.8, 4) is 0 Å². The Balaban J connectivity index is 2.04. The number of rotatable bonds is 3. The van der Waals surface area contributed by atoms with Gasteiger partial charge < -0.3 is 10.6 Å². The summed E-state index contributed by atoms with van der Waals surface area (Å²) in [6.07, 6.45) is 3.38. The highest BCUT2D eigenvalue weighted by Gasteiger charge is 2.29. The van der Waals surface area contributed by atoms with E-state index in [4.69, 9.17) is 17.3 Å². The molecular formula is C18H29ClN2. The Morgan fingerprint density at radius 3 is 2.38 bits per heavy atom. The molecule has 1 saturated heterocycles. The lowest BCUT2D eigenvalue weighted by molar-refractivity contribution is 0.199. The first-order chi connectivity index (χ1) is 9.77. The molecule has 1 atom stereocenters. The summed E-state index contributed by atoms with van der Waals surface area (Å²) in [5.74, 6) is 0.810. The van der Waals surface area contributed by atoms with Crippen molar-refractivity contribution >= 4 is 17.3 Å². The van der Waals surface area contributed by atoms with Gasteiger partial charge in [0, 0.05) is 19.1 Å². The third-order valence-corrected chi connectivity index (χ3v) is 4.93. The van der Waals surface area contributed by atoms with E-state index in [1.807, 2.05) is 6.92 Å². The molecule has 0 bridgehead atoms. The molecule has 0 radical (unpaired) electrons. The molecule has 1 aromatic rings. The predicted octanol–water partition coefficient (Wildman–Crippen LogP) is 4.49. The standard InChI is InChI=1S/C18H29ClN2/c1-13(20)11-14-5-6-17(16(19)12-14)21-9-7-15(8-10-21)18(2,3)4/h5-6,12-13,15H,7-11,20H2,1-4H3. The number of nitrogens with zero attached hydrogens (tertiary/aromatic N) is 1. The molecule has 0 aromatic heterocycles. The van der Waals surface area contributed by atoms with E-state index < -0.39 is 0 Å². The first-order valence-electron chi connectivity index (χ1n) is 8.06. The number of hydrogen-bond donors (Lipinski definition) is 1. The van der Waals surface area contributed by atoms with E-state index in [2.05, 4.69) is 43.9 Å². The zero-order valence-electron chi connectivity index (χ0n) is 13.8. The quantitative estimate of drug-likeness (QED) is 0.891. The van der Waals surface area contributed by atoms with Crippen LogP contribution in [-0.2, 0) is 6.42 Å². The molecule has 3 heteroatoms. The SMILES string of the molecule is CC(N)Cc1ccc(N2CCC(C(C)(C)C)CC2)c(Cl)c1. The number of halogens is 1. The van der Waals surface area contributed by atoms with Crippen molar-refractivity contribution in [2.45, 2.75) is 53.0 Å². The summed E-state index contributed by atoms with van der Waals surface area (Å²) in [6, 6.07) is 6.59. The fourth-order valence-corrected chi connectivity index (χ4v) is 3.61. The zero-order chi connectivity index (χ0) is 15.6. The summed E-state index contributed by atoms with van der Waals surface area (Å²) in [4.78, 5) is 2.43. The van der Waals surface area contributed by atoms with Gasteiger partial charge in [-0.2, -0.15) is 0 Å². The molecule has 1 aromatic carbocycles. The monoisotopic (exact) mass is 308 g/mol. The Hall–Kier alpha value is -0.730. The summed E-state index contributed by atoms with van der Waals surface area (Å²) >= 11 is 6.49. The van der Waals surface area contributed by atoms with Gasteiger partial charge >= 0.3 is 0 Å². The number of hydrogen-bond acceptors (Lipinski definition) is 2. The Kier molecular flexibility index (Phi) is 5.21. The average molecular weight is 309 g/mol. The Morgan fingerprint density at radius 1 is 1.29 bits per heavy atom. The lowest BCUT2D eigenvalue weighted by atomic mass is 9.75. The summed E-state index contributed by atoms with van der Waals surface area (Å²) in [6.45, 7) is 11.3. The third kappa shape index (κ3) is 4.37. The van der Waals surface area contributed by atoms with E-state index >= 15 is 0 Å². The first kappa shape index (κ1) is 16.6. The van der Waals surface area contributed by atoms with E-state index in [0.29, 0.717) is 5.41 Å². The van der Waals surface area contributed by atoms with E-state index in [9.17, 15) is 0 Å². The minimum atomic E-state index is 0.175. The molecule has 2 N–H and O–H groups in total. The Morgan fingerprint density at radius 2 is 1.90 bits per heavy atom. The summed E-state index contributed by atoms with van der Waals surface area (Å²) in [5.41, 5.74) is 8.68. The van der Waals surface area contributed by atoms with Crippen LogP contribution in [0.3, 0.4) is 0 Å². The van der Waals surface area contributed by atoms with Crippen LogP contribution in [0, 0.1) is 11.3 Å². The third-order valence-electron chi connectivity index (χ3n) is 4.63. The highest BCUT2D eigenvalue weighted by molar-refractivity contribution is 6.33. The Bertz CT molecular complexity index is 469. The second-order valence-electron chi connectivity index (χ2n) is 7.59. The maximum absolute atomic E-state index is 6.49. The van der Waals surface area contributed by atoms with Gasteiger partial charge in [0.25, 0.3) is 0 Å². The minimum absolute atomic E-state index is 0.175. The molecule has 0 amide bonds. The van der Waals surface area contributed by atoms with Gasteiger partial charge in [-0.05, 0) is 55.2 Å². The molecule has 2 rings (SSSR count). The number of benzene rings is 1. The van der Waals surface area contributed by atoms with Gasteiger partial charge in [0.15, 0.2) is 0 Å². The van der Waals surface area contributed by atoms with Crippen LogP contribution < -0.4 is 10.6 Å². The molecule has 2 nitrogen and oxygen atoms in total. The number of anilines is 1. The molecule has 0 saturated carbocycles. The van der Waals surface area contributed by atoms with Crippen molar-refractivity contribution in [3.63, 3.8) is 0 Å². The summed E-state index contributed by atoms with van der Waals surface area (Å²) in [5, 5.41) is 0.863. The number of nitrogens with two attached hydrogens (primary N) is 1. The largest absolute Gasteiger partial charge is 0.370 e. The fraction of sp³-hybridized carbons (Fsp3) is 0.667. The van der Waals surface area contributed by atoms with Crippen molar-refractivity contribution < 1.29 is 0 Å². The highest BCUT2D eigenvalue weighted by atomic mass is 35.5. The van der Waals surface area contributed by atoms with Crippen LogP contribution >= 0.6 is 11.6 Å². The molecule has 1 unspecified atom stereocenters. The van der Waals surface area contributed by atoms with Gasteiger partial charge in [-0.25, -0.2) is 0 Å². The highest BCUT2D eigenvalue weighted by Crippen LogP contribution is 2.37. The topological polar surface area (TPSA) is 29.3 Å². The van der Waals surface area contributed by atoms with E-state index in [0.717, 1.165) is 30.5 Å². The molecule has 1 aliphatic heterocycles. The molecule has 0 spiro atoms. The molecule has 1 fully saturated rings. The van der Waals surface area contributed by atoms with Crippen LogP contribution in [0.5, 0.6) is 0 Å². The van der Waals surface area contributed by atoms with Crippen molar-refractivity contribution in [2.24, 2.45) is 17.1 Å². The lowest BCUT2D eigenvalue weighted by Gasteiger charge is -2.40. The first-order valence-corrected chi connectivity index (χ1v) is 8.44. The van der Waals surface area contributed by atoms with E-state index in [-0.39, 0.29) is 6.04 Å². The molecule has 118 valence electrons. The second kappa shape index (κ2) is 6.58. The van der Waals surface area contributed by atoms with Crippen LogP contribution in [0.2, 0.25) is 5.02 Å². The number of piperidine rings is 1. The van der Waals surface area contributed by atoms with Crippen molar-refractivity contribution in [1.82, 2.24) is 0 Å². The van der Waals surface area contributed by atoms with Crippen molar-refractivity contribution in [2.75, 3.05) is 18.0 Å².